The number of halogens is 1. The molecule has 0 aliphatic carbocycles. The molecule has 0 aromatic carbocycles. The molecule has 16 heavy (non-hydrogen) atoms. The van der Waals surface area contributed by atoms with Gasteiger partial charge in [-0.1, -0.05) is 12.1 Å². The van der Waals surface area contributed by atoms with Crippen molar-refractivity contribution in [2.45, 2.75) is 6.92 Å². The zero-order valence-electron chi connectivity index (χ0n) is 8.61. The standard InChI is InChI=1S/C9H12BrN3O2S/c1-5(8(11)13-15)3-12-9(14)6-2-7(10)16-4-6/h2,4-5,15H,3H2,1H3,(H2,11,13)(H,12,14). The van der Waals surface area contributed by atoms with Crippen molar-refractivity contribution in [3.63, 3.8) is 0 Å². The van der Waals surface area contributed by atoms with Crippen molar-refractivity contribution < 1.29 is 10.0 Å². The quantitative estimate of drug-likeness (QED) is 0.342. The fourth-order valence-corrected chi connectivity index (χ4v) is 2.12. The van der Waals surface area contributed by atoms with E-state index in [1.165, 1.54) is 11.3 Å². The molecule has 0 fully saturated rings. The van der Waals surface area contributed by atoms with Crippen LogP contribution in [0.5, 0.6) is 0 Å². The minimum absolute atomic E-state index is 0.104. The van der Waals surface area contributed by atoms with E-state index in [0.717, 1.165) is 3.79 Å². The van der Waals surface area contributed by atoms with E-state index in [2.05, 4.69) is 26.4 Å². The van der Waals surface area contributed by atoms with Gasteiger partial charge in [-0.15, -0.1) is 11.3 Å². The second-order valence-electron chi connectivity index (χ2n) is 3.28. The number of nitrogens with zero attached hydrogens (tertiary/aromatic N) is 1. The molecule has 1 amide bonds. The van der Waals surface area contributed by atoms with E-state index in [4.69, 9.17) is 10.9 Å². The van der Waals surface area contributed by atoms with Crippen LogP contribution in [0.15, 0.2) is 20.4 Å². The Hall–Kier alpha value is -1.08. The highest BCUT2D eigenvalue weighted by Crippen LogP contribution is 2.20. The molecule has 1 aromatic rings. The number of thiophene rings is 1. The van der Waals surface area contributed by atoms with Gasteiger partial charge in [0.1, 0.15) is 5.84 Å². The van der Waals surface area contributed by atoms with Crippen LogP contribution in [0.4, 0.5) is 0 Å². The molecule has 0 radical (unpaired) electrons. The molecule has 88 valence electrons. The summed E-state index contributed by atoms with van der Waals surface area (Å²) in [5.74, 6) is -0.262. The van der Waals surface area contributed by atoms with Crippen LogP contribution in [0.3, 0.4) is 0 Å². The maximum atomic E-state index is 11.6. The van der Waals surface area contributed by atoms with E-state index in [9.17, 15) is 4.79 Å². The van der Waals surface area contributed by atoms with Gasteiger partial charge in [-0.3, -0.25) is 4.79 Å². The van der Waals surface area contributed by atoms with Crippen LogP contribution in [0.1, 0.15) is 17.3 Å². The van der Waals surface area contributed by atoms with Crippen molar-refractivity contribution >= 4 is 39.0 Å². The Kier molecular flexibility index (Phi) is 4.75. The van der Waals surface area contributed by atoms with Crippen molar-refractivity contribution in [1.29, 1.82) is 0 Å². The SMILES string of the molecule is CC(CNC(=O)c1csc(Br)c1)C(N)=NO. The summed E-state index contributed by atoms with van der Waals surface area (Å²) in [6.07, 6.45) is 0. The van der Waals surface area contributed by atoms with Crippen LogP contribution in [0, 0.1) is 5.92 Å². The van der Waals surface area contributed by atoms with Crippen LogP contribution in [-0.4, -0.2) is 23.5 Å². The number of rotatable bonds is 4. The van der Waals surface area contributed by atoms with Crippen LogP contribution >= 0.6 is 27.3 Å². The summed E-state index contributed by atoms with van der Waals surface area (Å²) in [5.41, 5.74) is 5.99. The number of nitrogens with one attached hydrogen (secondary N) is 1. The third kappa shape index (κ3) is 3.49. The highest BCUT2D eigenvalue weighted by molar-refractivity contribution is 9.11. The van der Waals surface area contributed by atoms with E-state index in [1.54, 1.807) is 18.4 Å². The van der Waals surface area contributed by atoms with Crippen molar-refractivity contribution in [2.24, 2.45) is 16.8 Å². The molecule has 0 aliphatic heterocycles. The highest BCUT2D eigenvalue weighted by atomic mass is 79.9. The van der Waals surface area contributed by atoms with E-state index in [1.807, 2.05) is 0 Å². The summed E-state index contributed by atoms with van der Waals surface area (Å²) < 4.78 is 0.905. The van der Waals surface area contributed by atoms with Gasteiger partial charge in [0, 0.05) is 17.8 Å². The zero-order chi connectivity index (χ0) is 12.1. The van der Waals surface area contributed by atoms with E-state index in [0.29, 0.717) is 12.1 Å². The number of hydrogen-bond acceptors (Lipinski definition) is 4. The molecule has 0 spiro atoms. The number of amides is 1. The predicted octanol–water partition coefficient (Wildman–Crippen LogP) is 1.62. The molecule has 1 heterocycles. The Morgan fingerprint density at radius 1 is 1.81 bits per heavy atom. The molecule has 0 saturated heterocycles. The van der Waals surface area contributed by atoms with Gasteiger partial charge in [0.15, 0.2) is 0 Å². The first-order valence-corrected chi connectivity index (χ1v) is 6.21. The molecule has 0 aliphatic rings. The summed E-state index contributed by atoms with van der Waals surface area (Å²) in [6, 6.07) is 1.74. The fraction of sp³-hybridized carbons (Fsp3) is 0.333. The van der Waals surface area contributed by atoms with Gasteiger partial charge in [-0.05, 0) is 22.0 Å². The third-order valence-electron chi connectivity index (χ3n) is 2.02. The molecule has 0 saturated carbocycles. The van der Waals surface area contributed by atoms with Crippen molar-refractivity contribution in [3.8, 4) is 0 Å². The molecule has 1 rings (SSSR count). The summed E-state index contributed by atoms with van der Waals surface area (Å²) >= 11 is 4.73. The van der Waals surface area contributed by atoms with E-state index >= 15 is 0 Å². The molecule has 1 atom stereocenters. The average Bonchev–Trinajstić information content (AvgIpc) is 2.71. The topological polar surface area (TPSA) is 87.7 Å². The van der Waals surface area contributed by atoms with E-state index in [-0.39, 0.29) is 17.7 Å². The lowest BCUT2D eigenvalue weighted by Gasteiger charge is -2.10. The van der Waals surface area contributed by atoms with Crippen LogP contribution in [0.25, 0.3) is 0 Å². The van der Waals surface area contributed by atoms with Gasteiger partial charge in [0.05, 0.1) is 9.35 Å². The first-order chi connectivity index (χ1) is 7.54. The monoisotopic (exact) mass is 305 g/mol. The Bertz CT molecular complexity index is 405. The Balaban J connectivity index is 2.47. The maximum absolute atomic E-state index is 11.6. The van der Waals surface area contributed by atoms with Crippen molar-refractivity contribution in [1.82, 2.24) is 5.32 Å². The van der Waals surface area contributed by atoms with Crippen LogP contribution in [0.2, 0.25) is 0 Å². The molecule has 4 N–H and O–H groups in total. The summed E-state index contributed by atoms with van der Waals surface area (Å²) in [6.45, 7) is 2.10. The second kappa shape index (κ2) is 5.86. The highest BCUT2D eigenvalue weighted by Gasteiger charge is 2.11. The minimum atomic E-state index is -0.198. The number of hydrogen-bond donors (Lipinski definition) is 3. The molecular weight excluding hydrogens is 294 g/mol. The second-order valence-corrected chi connectivity index (χ2v) is 5.57. The number of carbonyl (C=O) groups excluding carboxylic acids is 1. The van der Waals surface area contributed by atoms with Crippen molar-refractivity contribution in [2.75, 3.05) is 6.54 Å². The molecule has 1 unspecified atom stereocenters. The smallest absolute Gasteiger partial charge is 0.252 e. The maximum Gasteiger partial charge on any atom is 0.252 e. The number of nitrogens with two attached hydrogens (primary N) is 1. The lowest BCUT2D eigenvalue weighted by molar-refractivity contribution is 0.0951. The van der Waals surface area contributed by atoms with Gasteiger partial charge in [0.25, 0.3) is 5.91 Å². The van der Waals surface area contributed by atoms with Crippen molar-refractivity contribution in [3.05, 3.63) is 20.8 Å². The lowest BCUT2D eigenvalue weighted by atomic mass is 10.1. The Labute approximate surface area is 105 Å². The fourth-order valence-electron chi connectivity index (χ4n) is 0.980. The minimum Gasteiger partial charge on any atom is -0.409 e. The van der Waals surface area contributed by atoms with Gasteiger partial charge < -0.3 is 16.3 Å². The predicted molar refractivity (Wildman–Crippen MR) is 66.9 cm³/mol. The van der Waals surface area contributed by atoms with Crippen LogP contribution in [-0.2, 0) is 0 Å². The molecular formula is C9H12BrN3O2S. The third-order valence-corrected chi connectivity index (χ3v) is 3.52. The van der Waals surface area contributed by atoms with Gasteiger partial charge in [-0.25, -0.2) is 0 Å². The first kappa shape index (κ1) is 13.0. The molecule has 0 bridgehead atoms. The lowest BCUT2D eigenvalue weighted by Crippen LogP contribution is -2.34. The Morgan fingerprint density at radius 3 is 3.00 bits per heavy atom. The summed E-state index contributed by atoms with van der Waals surface area (Å²) in [5, 5.41) is 15.8. The number of oxime groups is 1. The number of carbonyl (C=O) groups is 1. The van der Waals surface area contributed by atoms with Gasteiger partial charge >= 0.3 is 0 Å². The Morgan fingerprint density at radius 2 is 2.50 bits per heavy atom. The van der Waals surface area contributed by atoms with E-state index < -0.39 is 0 Å². The molecule has 1 aromatic heterocycles. The molecule has 5 nitrogen and oxygen atoms in total. The normalized spacial score (nSPS) is 13.5. The van der Waals surface area contributed by atoms with Gasteiger partial charge in [0.2, 0.25) is 0 Å². The average molecular weight is 306 g/mol. The largest absolute Gasteiger partial charge is 0.409 e. The zero-order valence-corrected chi connectivity index (χ0v) is 11.0. The first-order valence-electron chi connectivity index (χ1n) is 4.54. The number of amidine groups is 1. The van der Waals surface area contributed by atoms with Gasteiger partial charge in [-0.2, -0.15) is 0 Å². The van der Waals surface area contributed by atoms with Crippen LogP contribution < -0.4 is 11.1 Å². The molecule has 7 heteroatoms. The summed E-state index contributed by atoms with van der Waals surface area (Å²) in [4.78, 5) is 11.6. The summed E-state index contributed by atoms with van der Waals surface area (Å²) in [7, 11) is 0.